The number of furan rings is 1. The zero-order valence-corrected chi connectivity index (χ0v) is 7.93. The van der Waals surface area contributed by atoms with Crippen molar-refractivity contribution in [2.45, 2.75) is 26.1 Å². The van der Waals surface area contributed by atoms with Gasteiger partial charge in [0.2, 0.25) is 5.76 Å². The summed E-state index contributed by atoms with van der Waals surface area (Å²) in [6.45, 7) is 3.68. The number of hydrogen-bond donors (Lipinski definition) is 1. The lowest BCUT2D eigenvalue weighted by Crippen LogP contribution is -2.15. The molecule has 0 unspecified atom stereocenters. The molecular weight excluding hydrogens is 195 g/mol. The van der Waals surface area contributed by atoms with Gasteiger partial charge in [0.15, 0.2) is 0 Å². The Balaban J connectivity index is 2.89. The van der Waals surface area contributed by atoms with Gasteiger partial charge in [-0.05, 0) is 12.0 Å². The van der Waals surface area contributed by atoms with Crippen LogP contribution in [0.15, 0.2) is 16.7 Å². The predicted molar refractivity (Wildman–Crippen MR) is 45.5 cm³/mol. The summed E-state index contributed by atoms with van der Waals surface area (Å²) >= 11 is 0. The van der Waals surface area contributed by atoms with Crippen LogP contribution in [0.1, 0.15) is 31.2 Å². The Morgan fingerprint density at radius 3 is 2.29 bits per heavy atom. The number of alkyl halides is 3. The second-order valence-electron chi connectivity index (χ2n) is 3.51. The number of halogens is 3. The quantitative estimate of drug-likeness (QED) is 0.809. The molecule has 0 spiro atoms. The van der Waals surface area contributed by atoms with E-state index < -0.39 is 18.0 Å². The van der Waals surface area contributed by atoms with E-state index in [9.17, 15) is 13.2 Å². The zero-order valence-electron chi connectivity index (χ0n) is 7.93. The summed E-state index contributed by atoms with van der Waals surface area (Å²) in [6.07, 6.45) is -3.37. The Morgan fingerprint density at radius 1 is 1.36 bits per heavy atom. The Kier molecular flexibility index (Phi) is 2.89. The zero-order chi connectivity index (χ0) is 10.9. The lowest BCUT2D eigenvalue weighted by molar-refractivity contribution is -0.153. The first-order valence-corrected chi connectivity index (χ1v) is 4.23. The minimum Gasteiger partial charge on any atom is -0.459 e. The molecule has 2 nitrogen and oxygen atoms in total. The van der Waals surface area contributed by atoms with Crippen molar-refractivity contribution in [2.75, 3.05) is 0 Å². The monoisotopic (exact) mass is 207 g/mol. The maximum absolute atomic E-state index is 12.1. The van der Waals surface area contributed by atoms with Crippen molar-refractivity contribution in [3.8, 4) is 0 Å². The SMILES string of the molecule is CC(C)[C@H](N)c1coc(C(F)(F)F)c1. The summed E-state index contributed by atoms with van der Waals surface area (Å²) in [7, 11) is 0. The third-order valence-corrected chi connectivity index (χ3v) is 2.00. The van der Waals surface area contributed by atoms with Crippen LogP contribution in [0.4, 0.5) is 13.2 Å². The molecule has 0 saturated heterocycles. The van der Waals surface area contributed by atoms with Crippen LogP contribution >= 0.6 is 0 Å². The Bertz CT molecular complexity index is 303. The second-order valence-corrected chi connectivity index (χ2v) is 3.51. The van der Waals surface area contributed by atoms with Crippen LogP contribution in [0.2, 0.25) is 0 Å². The molecule has 0 bridgehead atoms. The van der Waals surface area contributed by atoms with Crippen LogP contribution < -0.4 is 5.73 Å². The van der Waals surface area contributed by atoms with E-state index in [2.05, 4.69) is 4.42 Å². The molecule has 0 saturated carbocycles. The highest BCUT2D eigenvalue weighted by Gasteiger charge is 2.35. The second kappa shape index (κ2) is 3.65. The Hall–Kier alpha value is -0.970. The minimum atomic E-state index is -4.44. The largest absolute Gasteiger partial charge is 0.459 e. The summed E-state index contributed by atoms with van der Waals surface area (Å²) in [5.74, 6) is -0.919. The molecule has 0 aliphatic rings. The summed E-state index contributed by atoms with van der Waals surface area (Å²) in [6, 6.07) is 0.528. The van der Waals surface area contributed by atoms with Gasteiger partial charge in [-0.15, -0.1) is 0 Å². The van der Waals surface area contributed by atoms with Crippen molar-refractivity contribution in [2.24, 2.45) is 11.7 Å². The molecule has 1 heterocycles. The Morgan fingerprint density at radius 2 is 1.93 bits per heavy atom. The van der Waals surface area contributed by atoms with Crippen LogP contribution in [0, 0.1) is 5.92 Å². The number of nitrogens with two attached hydrogens (primary N) is 1. The molecule has 2 N–H and O–H groups in total. The van der Waals surface area contributed by atoms with E-state index in [0.717, 1.165) is 12.3 Å². The van der Waals surface area contributed by atoms with Gasteiger partial charge in [-0.1, -0.05) is 13.8 Å². The van der Waals surface area contributed by atoms with Crippen LogP contribution in [0.25, 0.3) is 0 Å². The van der Waals surface area contributed by atoms with Gasteiger partial charge in [0, 0.05) is 11.6 Å². The van der Waals surface area contributed by atoms with Crippen molar-refractivity contribution in [3.63, 3.8) is 0 Å². The fraction of sp³-hybridized carbons (Fsp3) is 0.556. The first kappa shape index (κ1) is 11.1. The van der Waals surface area contributed by atoms with Crippen LogP contribution in [-0.2, 0) is 6.18 Å². The lowest BCUT2D eigenvalue weighted by atomic mass is 9.99. The van der Waals surface area contributed by atoms with E-state index >= 15 is 0 Å². The van der Waals surface area contributed by atoms with E-state index in [-0.39, 0.29) is 5.92 Å². The third kappa shape index (κ3) is 2.29. The molecule has 0 fully saturated rings. The molecule has 0 aliphatic heterocycles. The molecular formula is C9H12F3NO. The fourth-order valence-electron chi connectivity index (χ4n) is 1.06. The molecule has 80 valence electrons. The van der Waals surface area contributed by atoms with Crippen molar-refractivity contribution in [3.05, 3.63) is 23.7 Å². The van der Waals surface area contributed by atoms with Crippen molar-refractivity contribution in [1.29, 1.82) is 0 Å². The normalized spacial score (nSPS) is 14.8. The molecule has 1 aromatic heterocycles. The van der Waals surface area contributed by atoms with Crippen LogP contribution in [0.3, 0.4) is 0 Å². The third-order valence-electron chi connectivity index (χ3n) is 2.00. The van der Waals surface area contributed by atoms with Gasteiger partial charge in [0.25, 0.3) is 0 Å². The number of hydrogen-bond acceptors (Lipinski definition) is 2. The van der Waals surface area contributed by atoms with Gasteiger partial charge >= 0.3 is 6.18 Å². The molecule has 0 radical (unpaired) electrons. The lowest BCUT2D eigenvalue weighted by Gasteiger charge is -2.12. The molecule has 0 aliphatic carbocycles. The predicted octanol–water partition coefficient (Wildman–Crippen LogP) is 2.95. The molecule has 0 aromatic carbocycles. The smallest absolute Gasteiger partial charge is 0.449 e. The average Bonchev–Trinajstić information content (AvgIpc) is 2.49. The molecule has 5 heteroatoms. The topological polar surface area (TPSA) is 39.2 Å². The highest BCUT2D eigenvalue weighted by atomic mass is 19.4. The van der Waals surface area contributed by atoms with Crippen LogP contribution in [-0.4, -0.2) is 0 Å². The maximum Gasteiger partial charge on any atom is 0.449 e. The molecule has 1 aromatic rings. The molecule has 14 heavy (non-hydrogen) atoms. The molecule has 1 atom stereocenters. The van der Waals surface area contributed by atoms with Crippen LogP contribution in [0.5, 0.6) is 0 Å². The molecule has 1 rings (SSSR count). The van der Waals surface area contributed by atoms with Crippen molar-refractivity contribution in [1.82, 2.24) is 0 Å². The average molecular weight is 207 g/mol. The van der Waals surface area contributed by atoms with E-state index in [1.807, 2.05) is 13.8 Å². The first-order valence-electron chi connectivity index (χ1n) is 4.23. The van der Waals surface area contributed by atoms with E-state index in [0.29, 0.717) is 5.56 Å². The van der Waals surface area contributed by atoms with Gasteiger partial charge in [-0.25, -0.2) is 0 Å². The fourth-order valence-corrected chi connectivity index (χ4v) is 1.06. The number of rotatable bonds is 2. The minimum absolute atomic E-state index is 0.0775. The maximum atomic E-state index is 12.1. The Labute approximate surface area is 79.9 Å². The first-order chi connectivity index (χ1) is 6.32. The highest BCUT2D eigenvalue weighted by Crippen LogP contribution is 2.32. The summed E-state index contributed by atoms with van der Waals surface area (Å²) in [5, 5.41) is 0. The van der Waals surface area contributed by atoms with Gasteiger partial charge in [-0.3, -0.25) is 0 Å². The van der Waals surface area contributed by atoms with E-state index in [4.69, 9.17) is 5.73 Å². The summed E-state index contributed by atoms with van der Waals surface area (Å²) in [4.78, 5) is 0. The van der Waals surface area contributed by atoms with Gasteiger partial charge in [-0.2, -0.15) is 13.2 Å². The molecule has 0 amide bonds. The van der Waals surface area contributed by atoms with Gasteiger partial charge in [0.05, 0.1) is 6.26 Å². The van der Waals surface area contributed by atoms with Crippen molar-refractivity contribution < 1.29 is 17.6 Å². The van der Waals surface area contributed by atoms with Gasteiger partial charge < -0.3 is 10.2 Å². The van der Waals surface area contributed by atoms with Gasteiger partial charge in [0.1, 0.15) is 0 Å². The summed E-state index contributed by atoms with van der Waals surface area (Å²) in [5.41, 5.74) is 6.05. The van der Waals surface area contributed by atoms with Crippen molar-refractivity contribution >= 4 is 0 Å². The highest BCUT2D eigenvalue weighted by molar-refractivity contribution is 5.18. The standard InChI is InChI=1S/C9H12F3NO/c1-5(2)8(13)6-3-7(14-4-6)9(10,11)12/h3-5,8H,13H2,1-2H3/t8-/m0/s1. The summed E-state index contributed by atoms with van der Waals surface area (Å²) < 4.78 is 40.8. The van der Waals surface area contributed by atoms with E-state index in [1.54, 1.807) is 0 Å². The van der Waals surface area contributed by atoms with E-state index in [1.165, 1.54) is 0 Å².